The Balaban J connectivity index is 1.75. The maximum Gasteiger partial charge on any atom is 0.262 e. The maximum atomic E-state index is 15.1. The predicted molar refractivity (Wildman–Crippen MR) is 102 cm³/mol. The van der Waals surface area contributed by atoms with Crippen LogP contribution in [0, 0.1) is 0 Å². The summed E-state index contributed by atoms with van der Waals surface area (Å²) in [5.41, 5.74) is -0.867. The number of fused-ring (bicyclic) bond motifs is 1. The fourth-order valence-electron chi connectivity index (χ4n) is 3.62. The fraction of sp³-hybridized carbons (Fsp3) is 0.421. The molecule has 142 valence electrons. The first kappa shape index (κ1) is 18.3. The third kappa shape index (κ3) is 3.42. The first-order chi connectivity index (χ1) is 12.9. The Morgan fingerprint density at radius 2 is 2.04 bits per heavy atom. The van der Waals surface area contributed by atoms with Gasteiger partial charge in [0.15, 0.2) is 17.6 Å². The van der Waals surface area contributed by atoms with Crippen LogP contribution in [0.2, 0.25) is 0 Å². The molecule has 0 spiro atoms. The molecule has 4 rings (SSSR count). The molecule has 8 heteroatoms. The minimum atomic E-state index is -1.58. The minimum absolute atomic E-state index is 0.0463. The topological polar surface area (TPSA) is 63.6 Å². The highest BCUT2D eigenvalue weighted by molar-refractivity contribution is 9.10. The Labute approximate surface area is 162 Å². The van der Waals surface area contributed by atoms with Crippen LogP contribution < -0.4 is 5.56 Å². The van der Waals surface area contributed by atoms with Gasteiger partial charge in [-0.2, -0.15) is 5.10 Å². The van der Waals surface area contributed by atoms with Crippen LogP contribution in [0.4, 0.5) is 8.78 Å². The molecule has 1 saturated carbocycles. The highest BCUT2D eigenvalue weighted by Crippen LogP contribution is 2.38. The van der Waals surface area contributed by atoms with E-state index in [0.717, 1.165) is 0 Å². The Hall–Kier alpha value is -2.09. The lowest BCUT2D eigenvalue weighted by molar-refractivity contribution is 0.103. The van der Waals surface area contributed by atoms with Crippen LogP contribution in [-0.2, 0) is 0 Å². The Bertz CT molecular complexity index is 1040. The normalized spacial score (nSPS) is 24.2. The molecule has 1 aliphatic rings. The van der Waals surface area contributed by atoms with Gasteiger partial charge in [0.05, 0.1) is 12.2 Å². The van der Waals surface area contributed by atoms with Crippen molar-refractivity contribution in [3.8, 4) is 0 Å². The molecule has 0 bridgehead atoms. The van der Waals surface area contributed by atoms with Gasteiger partial charge >= 0.3 is 0 Å². The lowest BCUT2D eigenvalue weighted by Crippen LogP contribution is -2.28. The quantitative estimate of drug-likeness (QED) is 0.641. The van der Waals surface area contributed by atoms with Crippen LogP contribution in [-0.4, -0.2) is 25.4 Å². The summed E-state index contributed by atoms with van der Waals surface area (Å²) in [5, 5.41) is 4.61. The zero-order valence-electron chi connectivity index (χ0n) is 14.8. The average Bonchev–Trinajstić information content (AvgIpc) is 3.06. The number of nitrogens with zero attached hydrogens (tertiary/aromatic N) is 3. The number of halogens is 3. The van der Waals surface area contributed by atoms with Crippen molar-refractivity contribution >= 4 is 27.0 Å². The first-order valence-corrected chi connectivity index (χ1v) is 9.70. The third-order valence-electron chi connectivity index (χ3n) is 5.24. The smallest absolute Gasteiger partial charge is 0.262 e. The number of benzene rings is 1. The summed E-state index contributed by atoms with van der Waals surface area (Å²) < 4.78 is 31.4. The van der Waals surface area contributed by atoms with Crippen LogP contribution >= 0.6 is 15.9 Å². The molecule has 1 fully saturated rings. The van der Waals surface area contributed by atoms with E-state index in [9.17, 15) is 9.18 Å². The zero-order chi connectivity index (χ0) is 19.2. The maximum absolute atomic E-state index is 15.1. The van der Waals surface area contributed by atoms with Gasteiger partial charge in [0, 0.05) is 10.0 Å². The van der Waals surface area contributed by atoms with Gasteiger partial charge in [0.1, 0.15) is 11.1 Å². The van der Waals surface area contributed by atoms with E-state index in [-0.39, 0.29) is 11.9 Å². The van der Waals surface area contributed by atoms with Crippen molar-refractivity contribution in [3.05, 3.63) is 56.7 Å². The number of aromatic amines is 1. The van der Waals surface area contributed by atoms with Crippen molar-refractivity contribution in [2.24, 2.45) is 0 Å². The van der Waals surface area contributed by atoms with Crippen molar-refractivity contribution in [2.75, 3.05) is 0 Å². The SMILES string of the molecule is CC1(F)CCC(n2ncc3c(=O)[nH]c(C(F)c4ccccc4Br)nc32)CC1. The summed E-state index contributed by atoms with van der Waals surface area (Å²) in [4.78, 5) is 19.3. The molecule has 0 radical (unpaired) electrons. The number of hydrogen-bond acceptors (Lipinski definition) is 3. The third-order valence-corrected chi connectivity index (χ3v) is 5.97. The number of H-pyrrole nitrogens is 1. The number of nitrogens with one attached hydrogen (secondary N) is 1. The highest BCUT2D eigenvalue weighted by Gasteiger charge is 2.33. The van der Waals surface area contributed by atoms with Crippen molar-refractivity contribution < 1.29 is 8.78 Å². The van der Waals surface area contributed by atoms with Crippen LogP contribution in [0.25, 0.3) is 11.0 Å². The van der Waals surface area contributed by atoms with Gasteiger partial charge in [-0.05, 0) is 38.7 Å². The van der Waals surface area contributed by atoms with E-state index >= 15 is 4.39 Å². The molecule has 1 unspecified atom stereocenters. The summed E-state index contributed by atoms with van der Waals surface area (Å²) in [7, 11) is 0. The zero-order valence-corrected chi connectivity index (χ0v) is 16.3. The minimum Gasteiger partial charge on any atom is -0.307 e. The van der Waals surface area contributed by atoms with Crippen molar-refractivity contribution in [3.63, 3.8) is 0 Å². The highest BCUT2D eigenvalue weighted by atomic mass is 79.9. The monoisotopic (exact) mass is 436 g/mol. The van der Waals surface area contributed by atoms with Crippen LogP contribution in [0.15, 0.2) is 39.7 Å². The number of rotatable bonds is 3. The van der Waals surface area contributed by atoms with Crippen LogP contribution in [0.1, 0.15) is 56.2 Å². The molecule has 0 amide bonds. The molecule has 3 aromatic rings. The first-order valence-electron chi connectivity index (χ1n) is 8.90. The molecular formula is C19H19BrF2N4O. The average molecular weight is 437 g/mol. The largest absolute Gasteiger partial charge is 0.307 e. The molecule has 5 nitrogen and oxygen atoms in total. The molecule has 1 atom stereocenters. The van der Waals surface area contributed by atoms with Crippen LogP contribution in [0.5, 0.6) is 0 Å². The number of alkyl halides is 2. The van der Waals surface area contributed by atoms with Gasteiger partial charge in [0.25, 0.3) is 5.56 Å². The van der Waals surface area contributed by atoms with E-state index in [1.165, 1.54) is 6.20 Å². The number of hydrogen-bond donors (Lipinski definition) is 1. The molecule has 2 aromatic heterocycles. The van der Waals surface area contributed by atoms with E-state index in [2.05, 4.69) is 31.0 Å². The van der Waals surface area contributed by atoms with Crippen molar-refractivity contribution in [1.29, 1.82) is 0 Å². The van der Waals surface area contributed by atoms with Gasteiger partial charge in [-0.3, -0.25) is 4.79 Å². The van der Waals surface area contributed by atoms with E-state index in [1.54, 1.807) is 35.9 Å². The second-order valence-electron chi connectivity index (χ2n) is 7.31. The molecule has 0 saturated heterocycles. The van der Waals surface area contributed by atoms with E-state index in [0.29, 0.717) is 46.8 Å². The Morgan fingerprint density at radius 1 is 1.33 bits per heavy atom. The Morgan fingerprint density at radius 3 is 2.74 bits per heavy atom. The van der Waals surface area contributed by atoms with Gasteiger partial charge in [0.2, 0.25) is 0 Å². The fourth-order valence-corrected chi connectivity index (χ4v) is 4.10. The molecule has 27 heavy (non-hydrogen) atoms. The van der Waals surface area contributed by atoms with Crippen LogP contribution in [0.3, 0.4) is 0 Å². The predicted octanol–water partition coefficient (Wildman–Crippen LogP) is 4.78. The summed E-state index contributed by atoms with van der Waals surface area (Å²) in [6.07, 6.45) is 1.94. The molecule has 2 heterocycles. The van der Waals surface area contributed by atoms with E-state index in [4.69, 9.17) is 0 Å². The molecule has 0 aliphatic heterocycles. The van der Waals surface area contributed by atoms with E-state index < -0.39 is 17.4 Å². The summed E-state index contributed by atoms with van der Waals surface area (Å²) >= 11 is 3.33. The summed E-state index contributed by atoms with van der Waals surface area (Å²) in [6, 6.07) is 6.84. The van der Waals surface area contributed by atoms with Gasteiger partial charge in [-0.1, -0.05) is 34.1 Å². The second-order valence-corrected chi connectivity index (χ2v) is 8.16. The molecular weight excluding hydrogens is 418 g/mol. The lowest BCUT2D eigenvalue weighted by atomic mass is 9.85. The van der Waals surface area contributed by atoms with Crippen molar-refractivity contribution in [2.45, 2.75) is 50.5 Å². The number of aromatic nitrogens is 4. The molecule has 1 aliphatic carbocycles. The van der Waals surface area contributed by atoms with Gasteiger partial charge in [-0.25, -0.2) is 18.4 Å². The second kappa shape index (κ2) is 6.82. The summed E-state index contributed by atoms with van der Waals surface area (Å²) in [5.74, 6) is -0.0627. The van der Waals surface area contributed by atoms with Gasteiger partial charge < -0.3 is 4.98 Å². The van der Waals surface area contributed by atoms with E-state index in [1.807, 2.05) is 0 Å². The lowest BCUT2D eigenvalue weighted by Gasteiger charge is -2.31. The molecule has 1 aromatic carbocycles. The standard InChI is InChI=1S/C19H19BrF2N4O/c1-19(22)8-6-11(7-9-19)26-17-13(10-23-26)18(27)25-16(24-17)15(21)12-4-2-3-5-14(12)20/h2-5,10-11,15H,6-9H2,1H3,(H,24,25,27). The summed E-state index contributed by atoms with van der Waals surface area (Å²) in [6.45, 7) is 1.61. The molecule has 1 N–H and O–H groups in total. The Kier molecular flexibility index (Phi) is 4.61. The van der Waals surface area contributed by atoms with Crippen molar-refractivity contribution in [1.82, 2.24) is 19.7 Å². The van der Waals surface area contributed by atoms with Gasteiger partial charge in [-0.15, -0.1) is 0 Å².